The van der Waals surface area contributed by atoms with E-state index in [-0.39, 0.29) is 0 Å². The van der Waals surface area contributed by atoms with Crippen molar-refractivity contribution in [1.82, 2.24) is 4.98 Å². The molecule has 0 aliphatic carbocycles. The highest BCUT2D eigenvalue weighted by molar-refractivity contribution is 7.15. The molecule has 0 aliphatic heterocycles. The van der Waals surface area contributed by atoms with Crippen LogP contribution in [0.1, 0.15) is 32.1 Å². The van der Waals surface area contributed by atoms with Gasteiger partial charge in [0.15, 0.2) is 5.13 Å². The van der Waals surface area contributed by atoms with Crippen molar-refractivity contribution in [3.63, 3.8) is 0 Å². The first-order valence-corrected chi connectivity index (χ1v) is 5.17. The Morgan fingerprint density at radius 1 is 1.69 bits per heavy atom. The molecule has 0 spiro atoms. The van der Waals surface area contributed by atoms with Crippen LogP contribution in [-0.2, 0) is 5.60 Å². The lowest BCUT2D eigenvalue weighted by atomic mass is 9.93. The van der Waals surface area contributed by atoms with Crippen LogP contribution in [0.25, 0.3) is 0 Å². The average Bonchev–Trinajstić information content (AvgIpc) is 2.32. The minimum atomic E-state index is -0.788. The third kappa shape index (κ3) is 2.67. The first-order chi connectivity index (χ1) is 5.92. The second-order valence-corrected chi connectivity index (χ2v) is 5.00. The summed E-state index contributed by atoms with van der Waals surface area (Å²) in [5.41, 5.74) is 4.71. The van der Waals surface area contributed by atoms with Gasteiger partial charge in [-0.3, -0.25) is 0 Å². The third-order valence-corrected chi connectivity index (χ3v) is 2.94. The van der Waals surface area contributed by atoms with Crippen LogP contribution in [0.2, 0.25) is 0 Å². The lowest BCUT2D eigenvalue weighted by molar-refractivity contribution is 0.0383. The van der Waals surface area contributed by atoms with Gasteiger partial charge in [0.2, 0.25) is 0 Å². The number of thiazole rings is 1. The number of nitrogen functional groups attached to an aromatic ring is 1. The zero-order chi connectivity index (χ0) is 10.1. The van der Waals surface area contributed by atoms with Gasteiger partial charge < -0.3 is 10.8 Å². The second-order valence-electron chi connectivity index (χ2n) is 3.93. The Hall–Kier alpha value is -0.610. The molecule has 0 amide bonds. The molecule has 1 aromatic rings. The summed E-state index contributed by atoms with van der Waals surface area (Å²) in [6.07, 6.45) is 2.39. The Morgan fingerprint density at radius 2 is 2.31 bits per heavy atom. The van der Waals surface area contributed by atoms with Crippen molar-refractivity contribution >= 4 is 16.5 Å². The minimum absolute atomic E-state index is 0.457. The lowest BCUT2D eigenvalue weighted by Crippen LogP contribution is -2.21. The average molecular weight is 200 g/mol. The quantitative estimate of drug-likeness (QED) is 0.784. The predicted molar refractivity (Wildman–Crippen MR) is 55.6 cm³/mol. The van der Waals surface area contributed by atoms with Crippen LogP contribution in [-0.4, -0.2) is 10.1 Å². The highest BCUT2D eigenvalue weighted by Gasteiger charge is 2.26. The Labute approximate surface area is 82.6 Å². The van der Waals surface area contributed by atoms with Gasteiger partial charge in [-0.15, -0.1) is 0 Å². The Balaban J connectivity index is 2.80. The fourth-order valence-corrected chi connectivity index (χ4v) is 2.17. The van der Waals surface area contributed by atoms with Gasteiger partial charge in [0.05, 0.1) is 10.5 Å². The molecule has 1 unspecified atom stereocenters. The molecular formula is C9H16N2OS. The minimum Gasteiger partial charge on any atom is -0.385 e. The predicted octanol–water partition coefficient (Wildman–Crippen LogP) is 1.98. The van der Waals surface area contributed by atoms with Gasteiger partial charge in [-0.05, 0) is 19.3 Å². The maximum absolute atomic E-state index is 10.1. The normalized spacial score (nSPS) is 16.1. The fraction of sp³-hybridized carbons (Fsp3) is 0.667. The van der Waals surface area contributed by atoms with E-state index < -0.39 is 5.60 Å². The number of aliphatic hydroxyl groups is 1. The van der Waals surface area contributed by atoms with Crippen LogP contribution >= 0.6 is 11.3 Å². The first-order valence-electron chi connectivity index (χ1n) is 4.36. The van der Waals surface area contributed by atoms with E-state index in [9.17, 15) is 5.11 Å². The van der Waals surface area contributed by atoms with E-state index in [2.05, 4.69) is 18.8 Å². The number of anilines is 1. The molecule has 3 N–H and O–H groups in total. The zero-order valence-corrected chi connectivity index (χ0v) is 9.06. The van der Waals surface area contributed by atoms with E-state index in [4.69, 9.17) is 5.73 Å². The molecular weight excluding hydrogens is 184 g/mol. The van der Waals surface area contributed by atoms with Gasteiger partial charge in [0, 0.05) is 6.20 Å². The number of nitrogens with two attached hydrogens (primary N) is 1. The summed E-state index contributed by atoms with van der Waals surface area (Å²) in [4.78, 5) is 4.77. The summed E-state index contributed by atoms with van der Waals surface area (Å²) in [6, 6.07) is 0. The Bertz CT molecular complexity index is 281. The lowest BCUT2D eigenvalue weighted by Gasteiger charge is -2.23. The van der Waals surface area contributed by atoms with E-state index in [1.54, 1.807) is 13.1 Å². The molecule has 0 bridgehead atoms. The van der Waals surface area contributed by atoms with Crippen LogP contribution in [0.3, 0.4) is 0 Å². The van der Waals surface area contributed by atoms with Gasteiger partial charge in [-0.2, -0.15) is 0 Å². The molecule has 74 valence electrons. The number of nitrogens with zero attached hydrogens (tertiary/aromatic N) is 1. The summed E-state index contributed by atoms with van der Waals surface area (Å²) in [7, 11) is 0. The smallest absolute Gasteiger partial charge is 0.180 e. The van der Waals surface area contributed by atoms with Crippen LogP contribution in [0.15, 0.2) is 6.20 Å². The van der Waals surface area contributed by atoms with E-state index in [0.29, 0.717) is 11.0 Å². The molecule has 0 aromatic carbocycles. The molecule has 0 saturated heterocycles. The monoisotopic (exact) mass is 200 g/mol. The van der Waals surface area contributed by atoms with Crippen molar-refractivity contribution < 1.29 is 5.11 Å². The largest absolute Gasteiger partial charge is 0.385 e. The molecule has 13 heavy (non-hydrogen) atoms. The van der Waals surface area contributed by atoms with Crippen LogP contribution < -0.4 is 5.73 Å². The van der Waals surface area contributed by atoms with Gasteiger partial charge in [0.1, 0.15) is 0 Å². The van der Waals surface area contributed by atoms with Gasteiger partial charge in [-0.25, -0.2) is 4.98 Å². The number of hydrogen-bond acceptors (Lipinski definition) is 4. The summed E-state index contributed by atoms with van der Waals surface area (Å²) in [5, 5.41) is 10.6. The molecule has 4 heteroatoms. The van der Waals surface area contributed by atoms with Gasteiger partial charge in [-0.1, -0.05) is 25.2 Å². The molecule has 1 rings (SSSR count). The van der Waals surface area contributed by atoms with Gasteiger partial charge >= 0.3 is 0 Å². The second kappa shape index (κ2) is 3.64. The van der Waals surface area contributed by atoms with E-state index in [1.807, 2.05) is 0 Å². The fourth-order valence-electron chi connectivity index (χ4n) is 1.43. The number of hydrogen-bond donors (Lipinski definition) is 2. The zero-order valence-electron chi connectivity index (χ0n) is 8.24. The van der Waals surface area contributed by atoms with Gasteiger partial charge in [0.25, 0.3) is 0 Å². The van der Waals surface area contributed by atoms with Crippen molar-refractivity contribution in [2.24, 2.45) is 5.92 Å². The molecule has 0 saturated carbocycles. The summed E-state index contributed by atoms with van der Waals surface area (Å²) < 4.78 is 0. The standard InChI is InChI=1S/C9H16N2OS/c1-6(2)4-9(3,12)7-5-11-8(10)13-7/h5-6,12H,4H2,1-3H3,(H2,10,11). The summed E-state index contributed by atoms with van der Waals surface area (Å²) in [5.74, 6) is 0.457. The topological polar surface area (TPSA) is 59.1 Å². The molecule has 0 aliphatic rings. The Kier molecular flexibility index (Phi) is 2.93. The van der Waals surface area contributed by atoms with Crippen LogP contribution in [0.4, 0.5) is 5.13 Å². The summed E-state index contributed by atoms with van der Waals surface area (Å²) in [6.45, 7) is 5.97. The molecule has 1 atom stereocenters. The van der Waals surface area contributed by atoms with Crippen molar-refractivity contribution in [1.29, 1.82) is 0 Å². The van der Waals surface area contributed by atoms with Crippen molar-refractivity contribution in [3.8, 4) is 0 Å². The van der Waals surface area contributed by atoms with E-state index in [0.717, 1.165) is 11.3 Å². The highest BCUT2D eigenvalue weighted by Crippen LogP contribution is 2.32. The van der Waals surface area contributed by atoms with E-state index >= 15 is 0 Å². The summed E-state index contributed by atoms with van der Waals surface area (Å²) >= 11 is 1.35. The SMILES string of the molecule is CC(C)CC(C)(O)c1cnc(N)s1. The van der Waals surface area contributed by atoms with Crippen molar-refractivity contribution in [2.45, 2.75) is 32.8 Å². The molecule has 3 nitrogen and oxygen atoms in total. The molecule has 0 fully saturated rings. The van der Waals surface area contributed by atoms with Crippen molar-refractivity contribution in [3.05, 3.63) is 11.1 Å². The number of rotatable bonds is 3. The maximum atomic E-state index is 10.1. The first kappa shape index (κ1) is 10.5. The van der Waals surface area contributed by atoms with E-state index in [1.165, 1.54) is 11.3 Å². The Morgan fingerprint density at radius 3 is 2.69 bits per heavy atom. The highest BCUT2D eigenvalue weighted by atomic mass is 32.1. The molecule has 1 heterocycles. The maximum Gasteiger partial charge on any atom is 0.180 e. The van der Waals surface area contributed by atoms with Crippen LogP contribution in [0, 0.1) is 5.92 Å². The third-order valence-electron chi connectivity index (χ3n) is 1.86. The molecule has 1 aromatic heterocycles. The molecule has 0 radical (unpaired) electrons. The van der Waals surface area contributed by atoms with Crippen molar-refractivity contribution in [2.75, 3.05) is 5.73 Å². The number of aromatic nitrogens is 1. The van der Waals surface area contributed by atoms with Crippen LogP contribution in [0.5, 0.6) is 0 Å².